The van der Waals surface area contributed by atoms with Crippen LogP contribution in [0.2, 0.25) is 0 Å². The highest BCUT2D eigenvalue weighted by Gasteiger charge is 2.24. The minimum atomic E-state index is -3.39. The van der Waals surface area contributed by atoms with Gasteiger partial charge in [0.1, 0.15) is 18.1 Å². The van der Waals surface area contributed by atoms with E-state index in [-0.39, 0.29) is 5.69 Å². The average Bonchev–Trinajstić information content (AvgIpc) is 2.80. The van der Waals surface area contributed by atoms with E-state index in [0.29, 0.717) is 30.7 Å². The van der Waals surface area contributed by atoms with Crippen molar-refractivity contribution in [2.24, 2.45) is 0 Å². The lowest BCUT2D eigenvalue weighted by Gasteiger charge is -2.32. The quantitative estimate of drug-likeness (QED) is 0.557. The summed E-state index contributed by atoms with van der Waals surface area (Å²) in [5.74, 6) is -0.217. The van der Waals surface area contributed by atoms with Crippen molar-refractivity contribution >= 4 is 32.8 Å². The fourth-order valence-electron chi connectivity index (χ4n) is 4.12. The number of nitrogens with one attached hydrogen (secondary N) is 2. The molecule has 0 amide bonds. The topological polar surface area (TPSA) is 122 Å². The summed E-state index contributed by atoms with van der Waals surface area (Å²) < 4.78 is 42.8. The number of ether oxygens (including phenoxy) is 1. The minimum absolute atomic E-state index is 0.121. The lowest BCUT2D eigenvalue weighted by Crippen LogP contribution is -2.32. The Morgan fingerprint density at radius 1 is 1.24 bits per heavy atom. The van der Waals surface area contributed by atoms with Gasteiger partial charge in [-0.1, -0.05) is 0 Å². The fourth-order valence-corrected chi connectivity index (χ4v) is 4.83. The first-order valence-electron chi connectivity index (χ1n) is 10.8. The molecule has 0 spiro atoms. The molecule has 0 atom stereocenters. The van der Waals surface area contributed by atoms with Gasteiger partial charge in [0.05, 0.1) is 47.5 Å². The van der Waals surface area contributed by atoms with Crippen molar-refractivity contribution in [3.05, 3.63) is 53.0 Å². The monoisotopic (exact) mass is 485 g/mol. The summed E-state index contributed by atoms with van der Waals surface area (Å²) >= 11 is 0. The summed E-state index contributed by atoms with van der Waals surface area (Å²) in [6.45, 7) is 4.78. The molecule has 0 bridgehead atoms. The highest BCUT2D eigenvalue weighted by atomic mass is 32.2. The van der Waals surface area contributed by atoms with Crippen molar-refractivity contribution in [2.45, 2.75) is 25.6 Å². The van der Waals surface area contributed by atoms with Crippen LogP contribution in [0.15, 0.2) is 24.7 Å². The number of hydrogen-bond acceptors (Lipinski definition) is 10. The van der Waals surface area contributed by atoms with E-state index in [1.165, 1.54) is 12.3 Å². The van der Waals surface area contributed by atoms with Gasteiger partial charge >= 0.3 is 0 Å². The Bertz CT molecular complexity index is 1370. The van der Waals surface area contributed by atoms with E-state index in [4.69, 9.17) is 4.74 Å². The molecule has 5 heterocycles. The highest BCUT2D eigenvalue weighted by Crippen LogP contribution is 2.36. The third kappa shape index (κ3) is 4.58. The van der Waals surface area contributed by atoms with E-state index in [1.54, 1.807) is 6.20 Å². The zero-order valence-corrected chi connectivity index (χ0v) is 19.6. The summed E-state index contributed by atoms with van der Waals surface area (Å²) in [5, 5.41) is 6.33. The van der Waals surface area contributed by atoms with Gasteiger partial charge in [0, 0.05) is 37.2 Å². The Labute approximate surface area is 196 Å². The third-order valence-electron chi connectivity index (χ3n) is 5.78. The smallest absolute Gasteiger partial charge is 0.237 e. The van der Waals surface area contributed by atoms with E-state index < -0.39 is 21.4 Å². The number of fused-ring (bicyclic) bond motifs is 2. The fraction of sp³-hybridized carbons (Fsp3) is 0.364. The van der Waals surface area contributed by atoms with E-state index in [2.05, 4.69) is 42.4 Å². The van der Waals surface area contributed by atoms with Gasteiger partial charge in [-0.2, -0.15) is 0 Å². The molecule has 0 fully saturated rings. The number of rotatable bonds is 5. The largest absolute Gasteiger partial charge is 0.474 e. The Morgan fingerprint density at radius 2 is 2.09 bits per heavy atom. The number of anilines is 4. The molecule has 0 unspecified atom stereocenters. The van der Waals surface area contributed by atoms with Crippen LogP contribution in [0.1, 0.15) is 22.5 Å². The molecule has 10 nitrogen and oxygen atoms in total. The number of sulfone groups is 1. The zero-order chi connectivity index (χ0) is 23.9. The van der Waals surface area contributed by atoms with Crippen LogP contribution in [0.25, 0.3) is 0 Å². The Hall–Kier alpha value is -3.54. The van der Waals surface area contributed by atoms with E-state index in [9.17, 15) is 12.8 Å². The minimum Gasteiger partial charge on any atom is -0.474 e. The zero-order valence-electron chi connectivity index (χ0n) is 18.8. The van der Waals surface area contributed by atoms with Gasteiger partial charge in [0.25, 0.3) is 0 Å². The van der Waals surface area contributed by atoms with Crippen molar-refractivity contribution in [2.75, 3.05) is 41.5 Å². The first-order valence-corrected chi connectivity index (χ1v) is 12.9. The van der Waals surface area contributed by atoms with Crippen LogP contribution in [-0.2, 0) is 28.6 Å². The average molecular weight is 486 g/mol. The Balaban J connectivity index is 1.35. The van der Waals surface area contributed by atoms with Crippen LogP contribution in [0.5, 0.6) is 5.88 Å². The highest BCUT2D eigenvalue weighted by molar-refractivity contribution is 7.89. The standard InChI is InChI=1S/C22H24FN7O3S/c1-13-19(10-26-21-20(13)24-4-6-33-21)30-5-3-14-8-27-22(29-17(14)11-30)28-15-7-16(23)18(25-9-15)12-34(2,31)32/h7-10,24H,3-6,11-12H2,1-2H3,(H,27,28,29). The molecular formula is C22H24FN7O3S. The molecule has 0 aromatic carbocycles. The number of nitrogens with zero attached hydrogens (tertiary/aromatic N) is 5. The molecule has 12 heteroatoms. The molecule has 3 aromatic heterocycles. The van der Waals surface area contributed by atoms with Crippen LogP contribution in [0, 0.1) is 12.7 Å². The van der Waals surface area contributed by atoms with Crippen molar-refractivity contribution in [1.82, 2.24) is 19.9 Å². The van der Waals surface area contributed by atoms with Gasteiger partial charge in [-0.25, -0.2) is 27.8 Å². The second-order valence-corrected chi connectivity index (χ2v) is 10.5. The predicted octanol–water partition coefficient (Wildman–Crippen LogP) is 2.37. The van der Waals surface area contributed by atoms with Crippen LogP contribution >= 0.6 is 0 Å². The Morgan fingerprint density at radius 3 is 2.88 bits per heavy atom. The first-order chi connectivity index (χ1) is 16.3. The Kier molecular flexibility index (Phi) is 5.68. The molecule has 0 aliphatic carbocycles. The summed E-state index contributed by atoms with van der Waals surface area (Å²) in [7, 11) is -3.39. The summed E-state index contributed by atoms with van der Waals surface area (Å²) in [6.07, 6.45) is 6.80. The summed E-state index contributed by atoms with van der Waals surface area (Å²) in [6, 6.07) is 1.19. The summed E-state index contributed by atoms with van der Waals surface area (Å²) in [5.41, 5.74) is 5.16. The third-order valence-corrected chi connectivity index (χ3v) is 6.58. The normalized spacial score (nSPS) is 15.1. The molecule has 34 heavy (non-hydrogen) atoms. The molecule has 0 saturated heterocycles. The first kappa shape index (κ1) is 22.3. The number of halogens is 1. The van der Waals surface area contributed by atoms with Gasteiger partial charge in [-0.15, -0.1) is 0 Å². The lowest BCUT2D eigenvalue weighted by molar-refractivity contribution is 0.310. The van der Waals surface area contributed by atoms with Crippen LogP contribution in [0.3, 0.4) is 0 Å². The van der Waals surface area contributed by atoms with Gasteiger partial charge < -0.3 is 20.3 Å². The van der Waals surface area contributed by atoms with Crippen LogP contribution in [0.4, 0.5) is 27.4 Å². The molecule has 2 N–H and O–H groups in total. The number of hydrogen-bond donors (Lipinski definition) is 2. The van der Waals surface area contributed by atoms with Gasteiger partial charge in [-0.05, 0) is 18.9 Å². The van der Waals surface area contributed by atoms with Crippen LogP contribution in [-0.4, -0.2) is 54.3 Å². The van der Waals surface area contributed by atoms with E-state index >= 15 is 0 Å². The molecule has 2 aliphatic heterocycles. The van der Waals surface area contributed by atoms with Crippen molar-refractivity contribution in [1.29, 1.82) is 0 Å². The van der Waals surface area contributed by atoms with Gasteiger partial charge in [-0.3, -0.25) is 4.98 Å². The molecule has 0 saturated carbocycles. The van der Waals surface area contributed by atoms with Gasteiger partial charge in [0.15, 0.2) is 9.84 Å². The lowest BCUT2D eigenvalue weighted by atomic mass is 10.0. The molecule has 178 valence electrons. The molecule has 3 aromatic rings. The predicted molar refractivity (Wildman–Crippen MR) is 126 cm³/mol. The molecular weight excluding hydrogens is 461 g/mol. The number of aromatic nitrogens is 4. The van der Waals surface area contributed by atoms with Gasteiger partial charge in [0.2, 0.25) is 11.8 Å². The number of pyridine rings is 2. The SMILES string of the molecule is Cc1c(N2CCc3cnc(Nc4cnc(CS(C)(=O)=O)c(F)c4)nc3C2)cnc2c1NCCO2. The second kappa shape index (κ2) is 8.67. The van der Waals surface area contributed by atoms with E-state index in [0.717, 1.165) is 54.0 Å². The summed E-state index contributed by atoms with van der Waals surface area (Å²) in [4.78, 5) is 19.6. The molecule has 5 rings (SSSR count). The van der Waals surface area contributed by atoms with Crippen molar-refractivity contribution in [3.8, 4) is 5.88 Å². The molecule has 0 radical (unpaired) electrons. The van der Waals surface area contributed by atoms with E-state index in [1.807, 2.05) is 6.20 Å². The second-order valence-electron chi connectivity index (χ2n) is 8.41. The van der Waals surface area contributed by atoms with Crippen molar-refractivity contribution < 1.29 is 17.5 Å². The van der Waals surface area contributed by atoms with Crippen LogP contribution < -0.4 is 20.3 Å². The maximum atomic E-state index is 14.3. The maximum Gasteiger partial charge on any atom is 0.237 e. The van der Waals surface area contributed by atoms with Crippen molar-refractivity contribution in [3.63, 3.8) is 0 Å². The maximum absolute atomic E-state index is 14.3. The molecule has 2 aliphatic rings.